The van der Waals surface area contributed by atoms with Crippen molar-refractivity contribution in [2.24, 2.45) is 17.0 Å². The molecule has 0 aliphatic carbocycles. The van der Waals surface area contributed by atoms with E-state index in [4.69, 9.17) is 14.3 Å². The SMILES string of the molecule is CC(=NO)C(C)P(=O)(OCCCC(C)C)OCCCC(C)C. The van der Waals surface area contributed by atoms with Crippen LogP contribution in [0.15, 0.2) is 5.16 Å². The van der Waals surface area contributed by atoms with Crippen LogP contribution < -0.4 is 0 Å². The Morgan fingerprint density at radius 2 is 1.41 bits per heavy atom. The standard InChI is InChI=1S/C16H34NO4P/c1-13(2)9-7-11-20-22(19,16(6)15(5)17-18)21-12-8-10-14(3)4/h13-14,16,18H,7-12H2,1-6H3. The van der Waals surface area contributed by atoms with Gasteiger partial charge in [-0.05, 0) is 51.4 Å². The van der Waals surface area contributed by atoms with E-state index in [1.54, 1.807) is 13.8 Å². The summed E-state index contributed by atoms with van der Waals surface area (Å²) in [5.74, 6) is 1.18. The maximum absolute atomic E-state index is 13.0. The zero-order chi connectivity index (χ0) is 17.2. The molecule has 0 saturated carbocycles. The minimum Gasteiger partial charge on any atom is -0.411 e. The lowest BCUT2D eigenvalue weighted by Gasteiger charge is -2.24. The van der Waals surface area contributed by atoms with Crippen LogP contribution >= 0.6 is 7.60 Å². The van der Waals surface area contributed by atoms with E-state index < -0.39 is 13.3 Å². The van der Waals surface area contributed by atoms with Gasteiger partial charge in [-0.1, -0.05) is 32.9 Å². The Labute approximate surface area is 136 Å². The number of hydrogen-bond donors (Lipinski definition) is 1. The normalized spacial score (nSPS) is 14.8. The van der Waals surface area contributed by atoms with E-state index in [9.17, 15) is 4.57 Å². The summed E-state index contributed by atoms with van der Waals surface area (Å²) >= 11 is 0. The molecule has 1 atom stereocenters. The van der Waals surface area contributed by atoms with Crippen molar-refractivity contribution in [1.29, 1.82) is 0 Å². The molecular weight excluding hydrogens is 301 g/mol. The van der Waals surface area contributed by atoms with Gasteiger partial charge in [0.1, 0.15) is 0 Å². The summed E-state index contributed by atoms with van der Waals surface area (Å²) in [4.78, 5) is 0. The van der Waals surface area contributed by atoms with Crippen molar-refractivity contribution in [2.45, 2.75) is 72.9 Å². The van der Waals surface area contributed by atoms with Crippen LogP contribution in [-0.2, 0) is 13.6 Å². The average Bonchev–Trinajstić information content (AvgIpc) is 2.46. The first-order chi connectivity index (χ1) is 10.2. The third-order valence-corrected chi connectivity index (χ3v) is 6.04. The molecule has 0 saturated heterocycles. The lowest BCUT2D eigenvalue weighted by Crippen LogP contribution is -2.19. The van der Waals surface area contributed by atoms with Crippen molar-refractivity contribution in [2.75, 3.05) is 13.2 Å². The Kier molecular flexibility index (Phi) is 11.0. The summed E-state index contributed by atoms with van der Waals surface area (Å²) in [6.07, 6.45) is 3.74. The molecule has 0 aromatic carbocycles. The first kappa shape index (κ1) is 21.6. The van der Waals surface area contributed by atoms with E-state index in [1.165, 1.54) is 0 Å². The molecule has 1 N–H and O–H groups in total. The van der Waals surface area contributed by atoms with E-state index in [2.05, 4.69) is 32.9 Å². The second-order valence-electron chi connectivity index (χ2n) is 6.70. The third kappa shape index (κ3) is 8.92. The Morgan fingerprint density at radius 3 is 1.73 bits per heavy atom. The minimum absolute atomic E-state index is 0.371. The summed E-state index contributed by atoms with van der Waals surface area (Å²) in [6.45, 7) is 12.7. The summed E-state index contributed by atoms with van der Waals surface area (Å²) < 4.78 is 24.2. The van der Waals surface area contributed by atoms with E-state index in [0.29, 0.717) is 30.8 Å². The van der Waals surface area contributed by atoms with Crippen LogP contribution in [0.2, 0.25) is 0 Å². The largest absolute Gasteiger partial charge is 0.411 e. The highest BCUT2D eigenvalue weighted by atomic mass is 31.2. The van der Waals surface area contributed by atoms with E-state index in [0.717, 1.165) is 25.7 Å². The Hall–Kier alpha value is -0.380. The highest BCUT2D eigenvalue weighted by molar-refractivity contribution is 7.55. The molecular formula is C16H34NO4P. The van der Waals surface area contributed by atoms with Crippen LogP contribution in [-0.4, -0.2) is 29.8 Å². The second-order valence-corrected chi connectivity index (χ2v) is 9.07. The van der Waals surface area contributed by atoms with Crippen LogP contribution in [0.25, 0.3) is 0 Å². The van der Waals surface area contributed by atoms with Crippen LogP contribution in [0, 0.1) is 11.8 Å². The number of nitrogens with zero attached hydrogens (tertiary/aromatic N) is 1. The van der Waals surface area contributed by atoms with E-state index in [-0.39, 0.29) is 0 Å². The quantitative estimate of drug-likeness (QED) is 0.172. The molecule has 0 heterocycles. The van der Waals surface area contributed by atoms with Gasteiger partial charge < -0.3 is 14.3 Å². The smallest absolute Gasteiger partial charge is 0.339 e. The van der Waals surface area contributed by atoms with Gasteiger partial charge in [0.15, 0.2) is 0 Å². The van der Waals surface area contributed by atoms with Gasteiger partial charge in [-0.2, -0.15) is 0 Å². The molecule has 0 aliphatic rings. The van der Waals surface area contributed by atoms with Gasteiger partial charge in [-0.25, -0.2) is 0 Å². The molecule has 0 aliphatic heterocycles. The van der Waals surface area contributed by atoms with Crippen LogP contribution in [0.4, 0.5) is 0 Å². The molecule has 5 nitrogen and oxygen atoms in total. The van der Waals surface area contributed by atoms with Crippen molar-refractivity contribution in [3.8, 4) is 0 Å². The Morgan fingerprint density at radius 1 is 1.00 bits per heavy atom. The second kappa shape index (κ2) is 11.2. The molecule has 6 heteroatoms. The van der Waals surface area contributed by atoms with Gasteiger partial charge in [0.2, 0.25) is 0 Å². The number of rotatable bonds is 12. The van der Waals surface area contributed by atoms with Gasteiger partial charge >= 0.3 is 7.60 Å². The molecule has 0 amide bonds. The topological polar surface area (TPSA) is 68.1 Å². The minimum atomic E-state index is -3.29. The van der Waals surface area contributed by atoms with Crippen molar-refractivity contribution >= 4 is 13.3 Å². The first-order valence-corrected chi connectivity index (χ1v) is 9.91. The van der Waals surface area contributed by atoms with Crippen LogP contribution in [0.1, 0.15) is 67.2 Å². The van der Waals surface area contributed by atoms with Gasteiger partial charge in [-0.3, -0.25) is 4.57 Å². The molecule has 1 unspecified atom stereocenters. The summed E-state index contributed by atoms with van der Waals surface area (Å²) in [5, 5.41) is 12.1. The molecule has 0 radical (unpaired) electrons. The predicted octanol–water partition coefficient (Wildman–Crippen LogP) is 5.32. The fourth-order valence-electron chi connectivity index (χ4n) is 1.94. The molecule has 0 rings (SSSR count). The van der Waals surface area contributed by atoms with Crippen LogP contribution in [0.5, 0.6) is 0 Å². The molecule has 0 bridgehead atoms. The zero-order valence-electron chi connectivity index (χ0n) is 15.0. The van der Waals surface area contributed by atoms with E-state index in [1.807, 2.05) is 0 Å². The number of oxime groups is 1. The summed E-state index contributed by atoms with van der Waals surface area (Å²) in [6, 6.07) is 0. The molecule has 0 aromatic rings. The lowest BCUT2D eigenvalue weighted by molar-refractivity contribution is 0.192. The van der Waals surface area contributed by atoms with Gasteiger partial charge in [0, 0.05) is 0 Å². The Balaban J connectivity index is 4.58. The molecule has 0 aromatic heterocycles. The summed E-state index contributed by atoms with van der Waals surface area (Å²) in [7, 11) is -3.29. The highest BCUT2D eigenvalue weighted by Crippen LogP contribution is 2.53. The molecule has 0 fully saturated rings. The van der Waals surface area contributed by atoms with E-state index >= 15 is 0 Å². The van der Waals surface area contributed by atoms with Gasteiger partial charge in [0.05, 0.1) is 24.6 Å². The molecule has 22 heavy (non-hydrogen) atoms. The summed E-state index contributed by atoms with van der Waals surface area (Å²) in [5.41, 5.74) is -0.161. The van der Waals surface area contributed by atoms with Crippen molar-refractivity contribution < 1.29 is 18.8 Å². The van der Waals surface area contributed by atoms with Crippen LogP contribution in [0.3, 0.4) is 0 Å². The third-order valence-electron chi connectivity index (χ3n) is 3.63. The van der Waals surface area contributed by atoms with Crippen molar-refractivity contribution in [3.63, 3.8) is 0 Å². The van der Waals surface area contributed by atoms with Gasteiger partial charge in [-0.15, -0.1) is 0 Å². The monoisotopic (exact) mass is 335 g/mol. The Bertz CT molecular complexity index is 349. The van der Waals surface area contributed by atoms with Crippen molar-refractivity contribution in [3.05, 3.63) is 0 Å². The lowest BCUT2D eigenvalue weighted by atomic mass is 10.1. The predicted molar refractivity (Wildman–Crippen MR) is 92.0 cm³/mol. The highest BCUT2D eigenvalue weighted by Gasteiger charge is 2.35. The maximum atomic E-state index is 13.0. The van der Waals surface area contributed by atoms with Gasteiger partial charge in [0.25, 0.3) is 0 Å². The maximum Gasteiger partial charge on any atom is 0.339 e. The first-order valence-electron chi connectivity index (χ1n) is 8.30. The molecule has 132 valence electrons. The molecule has 0 spiro atoms. The fraction of sp³-hybridized carbons (Fsp3) is 0.938. The number of hydrogen-bond acceptors (Lipinski definition) is 5. The van der Waals surface area contributed by atoms with Crippen molar-refractivity contribution in [1.82, 2.24) is 0 Å². The average molecular weight is 335 g/mol. The zero-order valence-corrected chi connectivity index (χ0v) is 15.9. The fourth-order valence-corrected chi connectivity index (χ4v) is 3.74.